The van der Waals surface area contributed by atoms with Crippen molar-refractivity contribution in [3.8, 4) is 0 Å². The lowest BCUT2D eigenvalue weighted by Gasteiger charge is -2.24. The number of aliphatic carboxylic acids is 1. The zero-order valence-electron chi connectivity index (χ0n) is 10.4. The highest BCUT2D eigenvalue weighted by Crippen LogP contribution is 2.28. The number of halogens is 1. The van der Waals surface area contributed by atoms with E-state index in [-0.39, 0.29) is 11.4 Å². The maximum absolute atomic E-state index is 13.1. The van der Waals surface area contributed by atoms with Crippen LogP contribution in [0.1, 0.15) is 22.3 Å². The van der Waals surface area contributed by atoms with Crippen LogP contribution >= 0.6 is 11.8 Å². The van der Waals surface area contributed by atoms with Gasteiger partial charge in [0.25, 0.3) is 5.91 Å². The number of aryl methyl sites for hydroxylation is 1. The van der Waals surface area contributed by atoms with Crippen LogP contribution in [0.4, 0.5) is 4.39 Å². The number of carboxylic acids is 1. The molecule has 1 amide bonds. The summed E-state index contributed by atoms with van der Waals surface area (Å²) in [5.74, 6) is -0.831. The summed E-state index contributed by atoms with van der Waals surface area (Å²) in [6.07, 6.45) is 0.402. The molecule has 0 bridgehead atoms. The first-order chi connectivity index (χ1) is 8.94. The third kappa shape index (κ3) is 2.73. The monoisotopic (exact) mass is 283 g/mol. The quantitative estimate of drug-likeness (QED) is 0.888. The minimum atomic E-state index is -1.20. The van der Waals surface area contributed by atoms with Crippen molar-refractivity contribution in [2.45, 2.75) is 18.9 Å². The normalized spacial score (nSPS) is 22.2. The number of nitrogens with one attached hydrogen (secondary N) is 1. The van der Waals surface area contributed by atoms with Crippen LogP contribution in [0.2, 0.25) is 0 Å². The summed E-state index contributed by atoms with van der Waals surface area (Å²) < 4.78 is 13.1. The SMILES string of the molecule is Cc1cc(C(=O)NC2(C(=O)O)CCSC2)ccc1F. The summed E-state index contributed by atoms with van der Waals surface area (Å²) in [5.41, 5.74) is -0.571. The average molecular weight is 283 g/mol. The Hall–Kier alpha value is -1.56. The zero-order valence-corrected chi connectivity index (χ0v) is 11.2. The summed E-state index contributed by atoms with van der Waals surface area (Å²) in [7, 11) is 0. The summed E-state index contributed by atoms with van der Waals surface area (Å²) in [5, 5.41) is 11.8. The number of carbonyl (C=O) groups is 2. The van der Waals surface area contributed by atoms with Gasteiger partial charge >= 0.3 is 5.97 Å². The van der Waals surface area contributed by atoms with E-state index in [0.717, 1.165) is 0 Å². The first-order valence-corrected chi connectivity index (χ1v) is 7.00. The van der Waals surface area contributed by atoms with Crippen LogP contribution in [0.3, 0.4) is 0 Å². The molecule has 0 aliphatic carbocycles. The topological polar surface area (TPSA) is 66.4 Å². The van der Waals surface area contributed by atoms with Gasteiger partial charge in [0.2, 0.25) is 0 Å². The summed E-state index contributed by atoms with van der Waals surface area (Å²) in [6.45, 7) is 1.56. The smallest absolute Gasteiger partial charge is 0.330 e. The van der Waals surface area contributed by atoms with Crippen molar-refractivity contribution < 1.29 is 19.1 Å². The van der Waals surface area contributed by atoms with Gasteiger partial charge in [-0.1, -0.05) is 0 Å². The first-order valence-electron chi connectivity index (χ1n) is 5.84. The van der Waals surface area contributed by atoms with Gasteiger partial charge in [0.05, 0.1) is 0 Å². The van der Waals surface area contributed by atoms with E-state index in [0.29, 0.717) is 23.5 Å². The fourth-order valence-electron chi connectivity index (χ4n) is 1.96. The Balaban J connectivity index is 2.20. The summed E-state index contributed by atoms with van der Waals surface area (Å²) in [4.78, 5) is 23.4. The lowest BCUT2D eigenvalue weighted by molar-refractivity contribution is -0.143. The van der Waals surface area contributed by atoms with Gasteiger partial charge in [-0.25, -0.2) is 9.18 Å². The van der Waals surface area contributed by atoms with Gasteiger partial charge in [-0.05, 0) is 42.9 Å². The molecule has 102 valence electrons. The van der Waals surface area contributed by atoms with Crippen molar-refractivity contribution in [3.05, 3.63) is 35.1 Å². The van der Waals surface area contributed by atoms with E-state index in [1.807, 2.05) is 0 Å². The molecular weight excluding hydrogens is 269 g/mol. The molecule has 1 heterocycles. The number of hydrogen-bond acceptors (Lipinski definition) is 3. The molecule has 0 aromatic heterocycles. The highest BCUT2D eigenvalue weighted by atomic mass is 32.2. The predicted octanol–water partition coefficient (Wildman–Crippen LogP) is 1.82. The maximum Gasteiger partial charge on any atom is 0.330 e. The Morgan fingerprint density at radius 2 is 2.21 bits per heavy atom. The molecule has 0 radical (unpaired) electrons. The number of hydrogen-bond donors (Lipinski definition) is 2. The second kappa shape index (κ2) is 5.21. The Kier molecular flexibility index (Phi) is 3.80. The fourth-order valence-corrected chi connectivity index (χ4v) is 3.29. The molecule has 1 aliphatic rings. The van der Waals surface area contributed by atoms with E-state index in [4.69, 9.17) is 0 Å². The van der Waals surface area contributed by atoms with Crippen LogP contribution in [0.15, 0.2) is 18.2 Å². The molecule has 4 nitrogen and oxygen atoms in total. The number of rotatable bonds is 3. The lowest BCUT2D eigenvalue weighted by Crippen LogP contribution is -2.54. The fraction of sp³-hybridized carbons (Fsp3) is 0.385. The van der Waals surface area contributed by atoms with E-state index in [9.17, 15) is 19.1 Å². The molecular formula is C13H14FNO3S. The number of thioether (sulfide) groups is 1. The van der Waals surface area contributed by atoms with Crippen LogP contribution in [-0.4, -0.2) is 34.0 Å². The maximum atomic E-state index is 13.1. The first kappa shape index (κ1) is 13.9. The van der Waals surface area contributed by atoms with E-state index in [1.54, 1.807) is 6.92 Å². The van der Waals surface area contributed by atoms with Crippen molar-refractivity contribution in [1.29, 1.82) is 0 Å². The van der Waals surface area contributed by atoms with Crippen molar-refractivity contribution in [3.63, 3.8) is 0 Å². The molecule has 2 rings (SSSR count). The standard InChI is InChI=1S/C13H14FNO3S/c1-8-6-9(2-3-10(8)14)11(16)15-13(12(17)18)4-5-19-7-13/h2-3,6H,4-5,7H2,1H3,(H,15,16)(H,17,18). The highest BCUT2D eigenvalue weighted by molar-refractivity contribution is 7.99. The van der Waals surface area contributed by atoms with E-state index < -0.39 is 17.4 Å². The van der Waals surface area contributed by atoms with Gasteiger partial charge in [-0.2, -0.15) is 11.8 Å². The molecule has 1 aliphatic heterocycles. The minimum absolute atomic E-state index is 0.274. The minimum Gasteiger partial charge on any atom is -0.479 e. The van der Waals surface area contributed by atoms with E-state index in [1.165, 1.54) is 30.0 Å². The number of amides is 1. The van der Waals surface area contributed by atoms with Gasteiger partial charge in [0, 0.05) is 11.3 Å². The Labute approximate surface area is 114 Å². The Morgan fingerprint density at radius 3 is 2.74 bits per heavy atom. The van der Waals surface area contributed by atoms with Gasteiger partial charge in [-0.3, -0.25) is 4.79 Å². The van der Waals surface area contributed by atoms with Crippen LogP contribution in [0, 0.1) is 12.7 Å². The van der Waals surface area contributed by atoms with E-state index >= 15 is 0 Å². The summed E-state index contributed by atoms with van der Waals surface area (Å²) in [6, 6.07) is 3.98. The predicted molar refractivity (Wildman–Crippen MR) is 70.9 cm³/mol. The van der Waals surface area contributed by atoms with Crippen molar-refractivity contribution >= 4 is 23.6 Å². The van der Waals surface area contributed by atoms with Gasteiger partial charge < -0.3 is 10.4 Å². The largest absolute Gasteiger partial charge is 0.479 e. The van der Waals surface area contributed by atoms with Crippen LogP contribution in [0.5, 0.6) is 0 Å². The zero-order chi connectivity index (χ0) is 14.0. The second-order valence-electron chi connectivity index (χ2n) is 4.61. The Morgan fingerprint density at radius 1 is 1.47 bits per heavy atom. The number of benzene rings is 1. The molecule has 1 saturated heterocycles. The molecule has 0 spiro atoms. The molecule has 0 saturated carbocycles. The molecule has 2 N–H and O–H groups in total. The van der Waals surface area contributed by atoms with Gasteiger partial charge in [0.1, 0.15) is 11.4 Å². The third-order valence-corrected chi connectivity index (χ3v) is 4.39. The average Bonchev–Trinajstić information content (AvgIpc) is 2.82. The second-order valence-corrected chi connectivity index (χ2v) is 5.71. The van der Waals surface area contributed by atoms with E-state index in [2.05, 4.69) is 5.32 Å². The van der Waals surface area contributed by atoms with Gasteiger partial charge in [-0.15, -0.1) is 0 Å². The third-order valence-electron chi connectivity index (χ3n) is 3.20. The number of carboxylic acid groups (broad SMARTS) is 1. The van der Waals surface area contributed by atoms with Crippen LogP contribution in [0.25, 0.3) is 0 Å². The number of carbonyl (C=O) groups excluding carboxylic acids is 1. The molecule has 1 atom stereocenters. The van der Waals surface area contributed by atoms with Gasteiger partial charge in [0.15, 0.2) is 0 Å². The van der Waals surface area contributed by atoms with Crippen molar-refractivity contribution in [2.24, 2.45) is 0 Å². The molecule has 6 heteroatoms. The van der Waals surface area contributed by atoms with Crippen molar-refractivity contribution in [2.75, 3.05) is 11.5 Å². The Bertz CT molecular complexity index is 527. The highest BCUT2D eigenvalue weighted by Gasteiger charge is 2.43. The molecule has 1 aromatic rings. The van der Waals surface area contributed by atoms with Crippen LogP contribution < -0.4 is 5.32 Å². The van der Waals surface area contributed by atoms with Crippen LogP contribution in [-0.2, 0) is 4.79 Å². The lowest BCUT2D eigenvalue weighted by atomic mass is 9.98. The molecule has 19 heavy (non-hydrogen) atoms. The summed E-state index contributed by atoms with van der Waals surface area (Å²) >= 11 is 1.50. The molecule has 1 fully saturated rings. The molecule has 1 unspecified atom stereocenters. The van der Waals surface area contributed by atoms with Crippen molar-refractivity contribution in [1.82, 2.24) is 5.32 Å². The molecule has 1 aromatic carbocycles.